The van der Waals surface area contributed by atoms with Crippen molar-refractivity contribution < 1.29 is 55.6 Å². The number of para-hydroxylation sites is 2. The fraction of sp³-hybridized carbons (Fsp3) is 0.250. The number of alkyl halides is 6. The van der Waals surface area contributed by atoms with Crippen molar-refractivity contribution >= 4 is 45.1 Å². The number of nitrogens with zero attached hydrogens (tertiary/aromatic N) is 2. The number of carboxylic acid groups (broad SMARTS) is 1. The lowest BCUT2D eigenvalue weighted by Crippen LogP contribution is -2.51. The number of hydrogen-bond donors (Lipinski definition) is 4. The largest absolute Gasteiger partial charge is 0.479 e. The van der Waals surface area contributed by atoms with E-state index in [4.69, 9.17) is 16.2 Å². The van der Waals surface area contributed by atoms with E-state index in [0.717, 1.165) is 17.3 Å². The Bertz CT molecular complexity index is 2330. The number of rotatable bonds is 11. The zero-order valence-corrected chi connectivity index (χ0v) is 30.1. The summed E-state index contributed by atoms with van der Waals surface area (Å²) >= 11 is 0. The van der Waals surface area contributed by atoms with Crippen molar-refractivity contribution in [2.24, 2.45) is 0 Å². The van der Waals surface area contributed by atoms with Crippen LogP contribution in [0.4, 0.5) is 37.7 Å². The molecule has 0 fully saturated rings. The smallest absolute Gasteiger partial charge is 0.432 e. The van der Waals surface area contributed by atoms with E-state index in [1.807, 2.05) is 48.5 Å². The first-order chi connectivity index (χ1) is 26.4. The van der Waals surface area contributed by atoms with Gasteiger partial charge in [-0.25, -0.2) is 9.59 Å². The number of carbonyl (C=O) groups is 2. The van der Waals surface area contributed by atoms with Crippen LogP contribution >= 0.6 is 0 Å². The third-order valence-electron chi connectivity index (χ3n) is 9.06. The number of aliphatic hydroxyl groups is 1. The summed E-state index contributed by atoms with van der Waals surface area (Å²) in [5.74, 6) is -3.90. The van der Waals surface area contributed by atoms with Gasteiger partial charge >= 0.3 is 24.3 Å². The molecule has 4 aromatic carbocycles. The molecule has 0 saturated carbocycles. The zero-order valence-electron chi connectivity index (χ0n) is 30.1. The van der Waals surface area contributed by atoms with Crippen LogP contribution < -0.4 is 11.5 Å². The number of ether oxygens (including phenoxy) is 2. The van der Waals surface area contributed by atoms with Crippen molar-refractivity contribution in [2.75, 3.05) is 24.7 Å². The molecular weight excluding hydrogens is 746 g/mol. The molecule has 6 N–H and O–H groups in total. The third kappa shape index (κ3) is 7.49. The summed E-state index contributed by atoms with van der Waals surface area (Å²) in [5, 5.41) is 20.2. The van der Waals surface area contributed by atoms with Crippen LogP contribution in [-0.2, 0) is 43.4 Å². The standard InChI is InChI=1S/2C20H19F3N2O3/c1-2-28-18(26)19(27,20(21,22)23)15-12-25(11-13-7-4-3-5-8-13)17-14(15)9-6-10-16(17)24;1-2-28-19(18(26)27,20(21,22)23)15-12-25(11-13-7-4-3-5-8-13)17-14(15)9-6-10-16(17)24/h3-10,12,27H,2,11,24H2,1H3;3-10,12H,2,11,24H2,1H3,(H,26,27). The molecule has 6 rings (SSSR count). The Morgan fingerprint density at radius 2 is 1.09 bits per heavy atom. The first kappa shape index (κ1) is 41.2. The van der Waals surface area contributed by atoms with Crippen LogP contribution in [0.15, 0.2) is 109 Å². The Morgan fingerprint density at radius 1 is 0.643 bits per heavy atom. The molecule has 296 valence electrons. The molecule has 0 spiro atoms. The first-order valence-corrected chi connectivity index (χ1v) is 17.2. The van der Waals surface area contributed by atoms with E-state index in [-0.39, 0.29) is 41.8 Å². The average molecular weight is 785 g/mol. The molecule has 56 heavy (non-hydrogen) atoms. The number of aliphatic carboxylic acids is 1. The van der Waals surface area contributed by atoms with Crippen molar-refractivity contribution in [1.29, 1.82) is 0 Å². The highest BCUT2D eigenvalue weighted by atomic mass is 19.4. The predicted molar refractivity (Wildman–Crippen MR) is 197 cm³/mol. The molecule has 0 aliphatic rings. The quantitative estimate of drug-likeness (QED) is 0.0591. The van der Waals surface area contributed by atoms with E-state index in [0.29, 0.717) is 11.0 Å². The number of anilines is 2. The lowest BCUT2D eigenvalue weighted by Gasteiger charge is -2.31. The van der Waals surface area contributed by atoms with Gasteiger partial charge in [-0.2, -0.15) is 26.3 Å². The molecule has 0 amide bonds. The number of halogens is 6. The van der Waals surface area contributed by atoms with Crippen LogP contribution in [0.25, 0.3) is 21.8 Å². The number of nitrogens with two attached hydrogens (primary N) is 2. The van der Waals surface area contributed by atoms with Gasteiger partial charge in [0.15, 0.2) is 0 Å². The Morgan fingerprint density at radius 3 is 1.48 bits per heavy atom. The number of esters is 1. The third-order valence-corrected chi connectivity index (χ3v) is 9.06. The highest BCUT2D eigenvalue weighted by Crippen LogP contribution is 2.47. The number of nitrogen functional groups attached to an aromatic ring is 2. The second-order valence-electron chi connectivity index (χ2n) is 12.6. The maximum absolute atomic E-state index is 14.0. The number of carboxylic acids is 1. The Balaban J connectivity index is 0.000000214. The molecule has 0 radical (unpaired) electrons. The molecule has 10 nitrogen and oxygen atoms in total. The van der Waals surface area contributed by atoms with Crippen molar-refractivity contribution in [2.45, 2.75) is 50.5 Å². The summed E-state index contributed by atoms with van der Waals surface area (Å²) in [5.41, 5.74) is 6.40. The molecule has 2 unspecified atom stereocenters. The van der Waals surface area contributed by atoms with Gasteiger partial charge in [-0.3, -0.25) is 0 Å². The second-order valence-corrected chi connectivity index (χ2v) is 12.6. The molecule has 2 atom stereocenters. The van der Waals surface area contributed by atoms with Gasteiger partial charge in [0.1, 0.15) is 0 Å². The van der Waals surface area contributed by atoms with Crippen molar-refractivity contribution in [1.82, 2.24) is 9.13 Å². The fourth-order valence-corrected chi connectivity index (χ4v) is 6.60. The van der Waals surface area contributed by atoms with Crippen LogP contribution in [0.5, 0.6) is 0 Å². The molecule has 2 heterocycles. The van der Waals surface area contributed by atoms with Gasteiger partial charge in [0.25, 0.3) is 11.2 Å². The minimum atomic E-state index is -5.28. The van der Waals surface area contributed by atoms with Crippen LogP contribution in [0, 0.1) is 0 Å². The molecule has 2 aromatic heterocycles. The van der Waals surface area contributed by atoms with E-state index in [1.165, 1.54) is 53.4 Å². The summed E-state index contributed by atoms with van der Waals surface area (Å²) in [6, 6.07) is 27.0. The highest BCUT2D eigenvalue weighted by molar-refractivity contribution is 5.99. The zero-order chi connectivity index (χ0) is 41.1. The minimum absolute atomic E-state index is 0.0313. The number of fused-ring (bicyclic) bond motifs is 2. The van der Waals surface area contributed by atoms with Crippen LogP contribution in [0.1, 0.15) is 36.1 Å². The number of carbonyl (C=O) groups excluding carboxylic acids is 1. The molecule has 0 aliphatic heterocycles. The highest BCUT2D eigenvalue weighted by Gasteiger charge is 2.65. The summed E-state index contributed by atoms with van der Waals surface area (Å²) in [4.78, 5) is 24.0. The number of aromatic nitrogens is 2. The molecule has 0 aliphatic carbocycles. The minimum Gasteiger partial charge on any atom is -0.479 e. The van der Waals surface area contributed by atoms with Crippen molar-refractivity contribution in [3.8, 4) is 0 Å². The van der Waals surface area contributed by atoms with Gasteiger partial charge < -0.3 is 40.3 Å². The van der Waals surface area contributed by atoms with Crippen LogP contribution in [0.2, 0.25) is 0 Å². The van der Waals surface area contributed by atoms with Crippen molar-refractivity contribution in [3.63, 3.8) is 0 Å². The molecular formula is C40H38F6N4O6. The van der Waals surface area contributed by atoms with Gasteiger partial charge in [-0.15, -0.1) is 0 Å². The molecule has 16 heteroatoms. The summed E-state index contributed by atoms with van der Waals surface area (Å²) in [6.07, 6.45) is -8.18. The second kappa shape index (κ2) is 16.0. The van der Waals surface area contributed by atoms with Gasteiger partial charge in [0.2, 0.25) is 0 Å². The van der Waals surface area contributed by atoms with E-state index in [2.05, 4.69) is 4.74 Å². The lowest BCUT2D eigenvalue weighted by atomic mass is 9.92. The predicted octanol–water partition coefficient (Wildman–Crippen LogP) is 7.74. The average Bonchev–Trinajstić information content (AvgIpc) is 3.70. The number of benzene rings is 4. The first-order valence-electron chi connectivity index (χ1n) is 17.2. The van der Waals surface area contributed by atoms with E-state index in [9.17, 15) is 46.1 Å². The van der Waals surface area contributed by atoms with E-state index in [1.54, 1.807) is 24.3 Å². The van der Waals surface area contributed by atoms with Crippen molar-refractivity contribution in [3.05, 3.63) is 132 Å². The van der Waals surface area contributed by atoms with Gasteiger partial charge in [0, 0.05) is 54.0 Å². The topological polar surface area (TPSA) is 155 Å². The maximum Gasteiger partial charge on any atom is 0.432 e. The summed E-state index contributed by atoms with van der Waals surface area (Å²) in [6.45, 7) is 2.39. The summed E-state index contributed by atoms with van der Waals surface area (Å²) < 4.78 is 96.0. The van der Waals surface area contributed by atoms with Gasteiger partial charge in [-0.05, 0) is 37.1 Å². The van der Waals surface area contributed by atoms with E-state index < -0.39 is 53.2 Å². The Hall–Kier alpha value is -6.00. The Kier molecular flexibility index (Phi) is 11.8. The Labute approximate surface area is 316 Å². The lowest BCUT2D eigenvalue weighted by molar-refractivity contribution is -0.279. The SMILES string of the molecule is CCOC(=O)C(O)(c1cn(Cc2ccccc2)c2c(N)cccc12)C(F)(F)F.CCOC(C(=O)O)(c1cn(Cc2ccccc2)c2c(N)cccc12)C(F)(F)F. The van der Waals surface area contributed by atoms with Gasteiger partial charge in [0.05, 0.1) is 29.0 Å². The summed E-state index contributed by atoms with van der Waals surface area (Å²) in [7, 11) is 0. The maximum atomic E-state index is 14.0. The van der Waals surface area contributed by atoms with Crippen LogP contribution in [0.3, 0.4) is 0 Å². The molecule has 6 aromatic rings. The molecule has 0 saturated heterocycles. The fourth-order valence-electron chi connectivity index (χ4n) is 6.60. The van der Waals surface area contributed by atoms with Gasteiger partial charge in [-0.1, -0.05) is 84.9 Å². The molecule has 0 bridgehead atoms. The van der Waals surface area contributed by atoms with Crippen LogP contribution in [-0.4, -0.2) is 56.9 Å². The number of hydrogen-bond acceptors (Lipinski definition) is 7. The normalized spacial score (nSPS) is 14.1. The monoisotopic (exact) mass is 784 g/mol. The van der Waals surface area contributed by atoms with E-state index >= 15 is 0 Å².